The first-order valence-electron chi connectivity index (χ1n) is 6.86. The number of likely N-dealkylation sites (N-methyl/N-ethyl adjacent to an activating group) is 1. The second-order valence-electron chi connectivity index (χ2n) is 6.07. The summed E-state index contributed by atoms with van der Waals surface area (Å²) in [5.74, 6) is 0.710. The van der Waals surface area contributed by atoms with Crippen LogP contribution in [0.1, 0.15) is 44.3 Å². The average molecular weight is 330 g/mol. The Morgan fingerprint density at radius 3 is 2.68 bits per heavy atom. The number of hydrogen-bond acceptors (Lipinski definition) is 4. The normalized spacial score (nSPS) is 29.7. The van der Waals surface area contributed by atoms with Crippen molar-refractivity contribution in [1.82, 2.24) is 19.9 Å². The van der Waals surface area contributed by atoms with Gasteiger partial charge in [-0.15, -0.1) is 5.10 Å². The van der Waals surface area contributed by atoms with Crippen molar-refractivity contribution in [2.75, 3.05) is 14.1 Å². The van der Waals surface area contributed by atoms with Gasteiger partial charge in [0.05, 0.1) is 11.7 Å². The Balaban J connectivity index is 2.39. The van der Waals surface area contributed by atoms with Gasteiger partial charge in [-0.25, -0.2) is 4.68 Å². The van der Waals surface area contributed by atoms with E-state index in [0.717, 1.165) is 23.1 Å². The molecule has 3 atom stereocenters. The summed E-state index contributed by atoms with van der Waals surface area (Å²) < 4.78 is 2.56. The molecule has 1 aromatic rings. The molecule has 0 spiro atoms. The molecule has 0 saturated heterocycles. The second-order valence-corrected chi connectivity index (χ2v) is 6.82. The van der Waals surface area contributed by atoms with E-state index in [0.29, 0.717) is 5.92 Å². The van der Waals surface area contributed by atoms with Crippen LogP contribution in [0.2, 0.25) is 0 Å². The highest BCUT2D eigenvalue weighted by Gasteiger charge is 2.44. The van der Waals surface area contributed by atoms with Gasteiger partial charge < -0.3 is 10.6 Å². The summed E-state index contributed by atoms with van der Waals surface area (Å²) in [6, 6.07) is -0.0837. The molecule has 1 saturated carbocycles. The van der Waals surface area contributed by atoms with E-state index in [1.807, 2.05) is 7.05 Å². The minimum absolute atomic E-state index is 0.00431. The third-order valence-electron chi connectivity index (χ3n) is 4.60. The van der Waals surface area contributed by atoms with Crippen molar-refractivity contribution in [1.29, 1.82) is 0 Å². The second kappa shape index (κ2) is 5.50. The van der Waals surface area contributed by atoms with E-state index in [1.165, 1.54) is 12.8 Å². The Labute approximate surface area is 123 Å². The lowest BCUT2D eigenvalue weighted by atomic mass is 9.71. The van der Waals surface area contributed by atoms with Crippen LogP contribution in [0.4, 0.5) is 0 Å². The Bertz CT molecular complexity index is 425. The summed E-state index contributed by atoms with van der Waals surface area (Å²) in [7, 11) is 6.17. The maximum Gasteiger partial charge on any atom is 0.153 e. The number of aromatic nitrogens is 3. The molecule has 0 amide bonds. The van der Waals surface area contributed by atoms with Gasteiger partial charge in [0.15, 0.2) is 4.60 Å². The van der Waals surface area contributed by atoms with Crippen molar-refractivity contribution in [2.24, 2.45) is 18.7 Å². The molecule has 1 fully saturated rings. The molecule has 108 valence electrons. The highest BCUT2D eigenvalue weighted by Crippen LogP contribution is 2.43. The standard InChI is InChI=1S/C13H24BrN5/c1-9-6-5-7-13(8-9,18(2)3)11(15)10-12(14)16-17-19(10)4/h9,11H,5-8,15H2,1-4H3. The van der Waals surface area contributed by atoms with Gasteiger partial charge in [-0.3, -0.25) is 0 Å². The summed E-state index contributed by atoms with van der Waals surface area (Å²) in [4.78, 5) is 2.30. The predicted molar refractivity (Wildman–Crippen MR) is 79.7 cm³/mol. The predicted octanol–water partition coefficient (Wildman–Crippen LogP) is 2.09. The largest absolute Gasteiger partial charge is 0.321 e. The highest BCUT2D eigenvalue weighted by atomic mass is 79.9. The Morgan fingerprint density at radius 2 is 2.21 bits per heavy atom. The molecule has 19 heavy (non-hydrogen) atoms. The van der Waals surface area contributed by atoms with Gasteiger partial charge in [-0.05, 0) is 48.8 Å². The fourth-order valence-corrected chi connectivity index (χ4v) is 4.03. The smallest absolute Gasteiger partial charge is 0.153 e. The van der Waals surface area contributed by atoms with Crippen LogP contribution in [0.25, 0.3) is 0 Å². The molecule has 0 aromatic carbocycles. The van der Waals surface area contributed by atoms with E-state index in [1.54, 1.807) is 4.68 Å². The van der Waals surface area contributed by atoms with E-state index in [2.05, 4.69) is 52.2 Å². The quantitative estimate of drug-likeness (QED) is 0.922. The molecule has 5 nitrogen and oxygen atoms in total. The van der Waals surface area contributed by atoms with Crippen LogP contribution in [0.5, 0.6) is 0 Å². The SMILES string of the molecule is CC1CCCC(C(N)c2c(Br)nnn2C)(N(C)C)C1. The minimum Gasteiger partial charge on any atom is -0.321 e. The molecular weight excluding hydrogens is 306 g/mol. The Hall–Kier alpha value is -0.460. The van der Waals surface area contributed by atoms with E-state index in [-0.39, 0.29) is 11.6 Å². The van der Waals surface area contributed by atoms with Crippen LogP contribution >= 0.6 is 15.9 Å². The summed E-state index contributed by atoms with van der Waals surface area (Å²) in [5.41, 5.74) is 7.63. The molecule has 2 N–H and O–H groups in total. The number of aryl methyl sites for hydroxylation is 1. The zero-order valence-electron chi connectivity index (χ0n) is 12.2. The lowest BCUT2D eigenvalue weighted by molar-refractivity contribution is 0.0473. The van der Waals surface area contributed by atoms with E-state index < -0.39 is 0 Å². The lowest BCUT2D eigenvalue weighted by Crippen LogP contribution is -2.55. The van der Waals surface area contributed by atoms with Crippen molar-refractivity contribution >= 4 is 15.9 Å². The van der Waals surface area contributed by atoms with Gasteiger partial charge in [0.25, 0.3) is 0 Å². The third kappa shape index (κ3) is 2.58. The first-order valence-corrected chi connectivity index (χ1v) is 7.66. The summed E-state index contributed by atoms with van der Waals surface area (Å²) in [5, 5.41) is 8.14. The van der Waals surface area contributed by atoms with Gasteiger partial charge in [0, 0.05) is 12.6 Å². The average Bonchev–Trinajstić information content (AvgIpc) is 2.67. The number of nitrogens with zero attached hydrogens (tertiary/aromatic N) is 4. The van der Waals surface area contributed by atoms with Crippen LogP contribution in [0.3, 0.4) is 0 Å². The molecule has 0 radical (unpaired) electrons. The van der Waals surface area contributed by atoms with Crippen LogP contribution in [0.15, 0.2) is 4.60 Å². The van der Waals surface area contributed by atoms with E-state index >= 15 is 0 Å². The van der Waals surface area contributed by atoms with Crippen molar-refractivity contribution in [3.05, 3.63) is 10.3 Å². The molecule has 1 heterocycles. The number of hydrogen-bond donors (Lipinski definition) is 1. The topological polar surface area (TPSA) is 60.0 Å². The van der Waals surface area contributed by atoms with Gasteiger partial charge >= 0.3 is 0 Å². The molecule has 1 aliphatic carbocycles. The summed E-state index contributed by atoms with van der Waals surface area (Å²) in [6.07, 6.45) is 4.78. The monoisotopic (exact) mass is 329 g/mol. The van der Waals surface area contributed by atoms with Crippen molar-refractivity contribution in [2.45, 2.75) is 44.2 Å². The fraction of sp³-hybridized carbons (Fsp3) is 0.846. The lowest BCUT2D eigenvalue weighted by Gasteiger charge is -2.48. The van der Waals surface area contributed by atoms with Crippen molar-refractivity contribution < 1.29 is 0 Å². The maximum atomic E-state index is 6.64. The minimum atomic E-state index is -0.0837. The molecule has 6 heteroatoms. The number of halogens is 1. The first-order chi connectivity index (χ1) is 8.88. The molecule has 0 aliphatic heterocycles. The molecule has 0 bridgehead atoms. The summed E-state index contributed by atoms with van der Waals surface area (Å²) in [6.45, 7) is 2.32. The number of rotatable bonds is 3. The molecule has 1 aromatic heterocycles. The van der Waals surface area contributed by atoms with Crippen LogP contribution in [-0.2, 0) is 7.05 Å². The van der Waals surface area contributed by atoms with Gasteiger partial charge in [-0.2, -0.15) is 0 Å². The molecular formula is C13H24BrN5. The zero-order chi connectivity index (χ0) is 14.2. The van der Waals surface area contributed by atoms with Crippen LogP contribution < -0.4 is 5.73 Å². The Kier molecular flexibility index (Phi) is 4.32. The highest BCUT2D eigenvalue weighted by molar-refractivity contribution is 9.10. The summed E-state index contributed by atoms with van der Waals surface area (Å²) >= 11 is 3.48. The van der Waals surface area contributed by atoms with Gasteiger partial charge in [0.2, 0.25) is 0 Å². The Morgan fingerprint density at radius 1 is 1.53 bits per heavy atom. The van der Waals surface area contributed by atoms with E-state index in [9.17, 15) is 0 Å². The van der Waals surface area contributed by atoms with Crippen molar-refractivity contribution in [3.63, 3.8) is 0 Å². The third-order valence-corrected chi connectivity index (χ3v) is 5.16. The zero-order valence-corrected chi connectivity index (χ0v) is 13.8. The van der Waals surface area contributed by atoms with E-state index in [4.69, 9.17) is 5.73 Å². The molecule has 3 unspecified atom stereocenters. The van der Waals surface area contributed by atoms with Gasteiger partial charge in [0.1, 0.15) is 0 Å². The molecule has 1 aliphatic rings. The van der Waals surface area contributed by atoms with Crippen molar-refractivity contribution in [3.8, 4) is 0 Å². The molecule has 2 rings (SSSR count). The van der Waals surface area contributed by atoms with Crippen LogP contribution in [0, 0.1) is 5.92 Å². The number of nitrogens with two attached hydrogens (primary N) is 1. The van der Waals surface area contributed by atoms with Crippen LogP contribution in [-0.4, -0.2) is 39.5 Å². The fourth-order valence-electron chi connectivity index (χ4n) is 3.45. The van der Waals surface area contributed by atoms with Gasteiger partial charge in [-0.1, -0.05) is 25.0 Å². The maximum absolute atomic E-state index is 6.64. The first kappa shape index (κ1) is 14.9.